The Labute approximate surface area is 117 Å². The quantitative estimate of drug-likeness (QED) is 0.662. The summed E-state index contributed by atoms with van der Waals surface area (Å²) in [7, 11) is 1.52. The fourth-order valence-corrected chi connectivity index (χ4v) is 3.36. The van der Waals surface area contributed by atoms with E-state index in [0.717, 1.165) is 25.7 Å². The highest BCUT2D eigenvalue weighted by molar-refractivity contribution is 6.23. The van der Waals surface area contributed by atoms with E-state index in [0.29, 0.717) is 23.5 Å². The van der Waals surface area contributed by atoms with Gasteiger partial charge in [-0.3, -0.25) is 9.59 Å². The van der Waals surface area contributed by atoms with Crippen molar-refractivity contribution in [3.05, 3.63) is 18.2 Å². The molecule has 2 N–H and O–H groups in total. The minimum atomic E-state index is -0.479. The van der Waals surface area contributed by atoms with Gasteiger partial charge in [-0.05, 0) is 31.0 Å². The lowest BCUT2D eigenvalue weighted by Crippen LogP contribution is -2.34. The van der Waals surface area contributed by atoms with E-state index in [1.807, 2.05) is 0 Å². The Morgan fingerprint density at radius 1 is 1.25 bits per heavy atom. The Bertz CT molecular complexity index is 576. The molecule has 1 aliphatic heterocycles. The molecule has 5 heteroatoms. The molecule has 0 radical (unpaired) electrons. The number of amides is 2. The Morgan fingerprint density at radius 2 is 1.95 bits per heavy atom. The molecular formula is C15H18N2O3. The van der Waals surface area contributed by atoms with Gasteiger partial charge < -0.3 is 10.5 Å². The summed E-state index contributed by atoms with van der Waals surface area (Å²) in [6.45, 7) is 0. The molecule has 3 rings (SSSR count). The maximum Gasteiger partial charge on any atom is 0.240 e. The Kier molecular flexibility index (Phi) is 2.92. The van der Waals surface area contributed by atoms with E-state index in [4.69, 9.17) is 10.5 Å². The molecule has 0 bridgehead atoms. The number of imide groups is 1. The zero-order valence-electron chi connectivity index (χ0n) is 11.5. The number of ether oxygens (including phenoxy) is 1. The van der Waals surface area contributed by atoms with E-state index in [1.54, 1.807) is 18.2 Å². The summed E-state index contributed by atoms with van der Waals surface area (Å²) >= 11 is 0. The Morgan fingerprint density at radius 3 is 2.60 bits per heavy atom. The van der Waals surface area contributed by atoms with Crippen LogP contribution in [0.25, 0.3) is 0 Å². The first-order valence-corrected chi connectivity index (χ1v) is 6.88. The molecule has 106 valence electrons. The number of hydrogen-bond donors (Lipinski definition) is 1. The Balaban J connectivity index is 2.04. The number of carbonyl (C=O) groups is 2. The monoisotopic (exact) mass is 274 g/mol. The number of nitrogen functional groups attached to an aromatic ring is 1. The van der Waals surface area contributed by atoms with Crippen LogP contribution >= 0.6 is 0 Å². The van der Waals surface area contributed by atoms with Gasteiger partial charge in [-0.2, -0.15) is 0 Å². The summed E-state index contributed by atoms with van der Waals surface area (Å²) in [5.74, 6) is 0.251. The van der Waals surface area contributed by atoms with E-state index in [2.05, 4.69) is 0 Å². The van der Waals surface area contributed by atoms with Crippen LogP contribution in [0.3, 0.4) is 0 Å². The maximum absolute atomic E-state index is 12.7. The molecular weight excluding hydrogens is 256 g/mol. The molecule has 1 aromatic carbocycles. The fourth-order valence-electron chi connectivity index (χ4n) is 3.36. The number of nitrogens with zero attached hydrogens (tertiary/aromatic N) is 1. The molecule has 0 unspecified atom stereocenters. The summed E-state index contributed by atoms with van der Waals surface area (Å²) in [6.07, 6.45) is 3.95. The molecule has 0 atom stereocenters. The van der Waals surface area contributed by atoms with Crippen LogP contribution < -0.4 is 15.4 Å². The van der Waals surface area contributed by atoms with Gasteiger partial charge in [0.15, 0.2) is 0 Å². The van der Waals surface area contributed by atoms with Gasteiger partial charge in [0.05, 0.1) is 18.2 Å². The van der Waals surface area contributed by atoms with Crippen molar-refractivity contribution in [3.8, 4) is 5.75 Å². The first-order chi connectivity index (χ1) is 9.57. The van der Waals surface area contributed by atoms with Gasteiger partial charge in [-0.15, -0.1) is 0 Å². The lowest BCUT2D eigenvalue weighted by molar-refractivity contribution is -0.125. The van der Waals surface area contributed by atoms with Crippen molar-refractivity contribution in [1.82, 2.24) is 0 Å². The average molecular weight is 274 g/mol. The minimum Gasteiger partial charge on any atom is -0.495 e. The minimum absolute atomic E-state index is 0.0936. The summed E-state index contributed by atoms with van der Waals surface area (Å²) in [4.78, 5) is 26.3. The molecule has 1 aromatic rings. The van der Waals surface area contributed by atoms with E-state index >= 15 is 0 Å². The van der Waals surface area contributed by atoms with Gasteiger partial charge in [0.2, 0.25) is 11.8 Å². The predicted molar refractivity (Wildman–Crippen MR) is 75.4 cm³/mol. The van der Waals surface area contributed by atoms with Gasteiger partial charge in [-0.1, -0.05) is 12.8 Å². The SMILES string of the molecule is COc1ccc(N)cc1N1C(=O)CC2(CCCC2)C1=O. The average Bonchev–Trinajstić information content (AvgIpc) is 2.97. The molecule has 1 heterocycles. The van der Waals surface area contributed by atoms with Crippen molar-refractivity contribution >= 4 is 23.2 Å². The normalized spacial score (nSPS) is 20.9. The smallest absolute Gasteiger partial charge is 0.240 e. The molecule has 1 spiro atoms. The number of hydrogen-bond acceptors (Lipinski definition) is 4. The highest BCUT2D eigenvalue weighted by atomic mass is 16.5. The maximum atomic E-state index is 12.7. The van der Waals surface area contributed by atoms with Gasteiger partial charge in [-0.25, -0.2) is 4.90 Å². The van der Waals surface area contributed by atoms with Crippen molar-refractivity contribution in [2.45, 2.75) is 32.1 Å². The van der Waals surface area contributed by atoms with Gasteiger partial charge >= 0.3 is 0 Å². The lowest BCUT2D eigenvalue weighted by atomic mass is 9.84. The van der Waals surface area contributed by atoms with Crippen LogP contribution in [0.5, 0.6) is 5.75 Å². The van der Waals surface area contributed by atoms with E-state index in [1.165, 1.54) is 12.0 Å². The number of rotatable bonds is 2. The number of nitrogens with two attached hydrogens (primary N) is 1. The van der Waals surface area contributed by atoms with E-state index < -0.39 is 5.41 Å². The van der Waals surface area contributed by atoms with Crippen molar-refractivity contribution in [2.75, 3.05) is 17.7 Å². The zero-order valence-corrected chi connectivity index (χ0v) is 11.5. The predicted octanol–water partition coefficient (Wildman–Crippen LogP) is 2.10. The number of benzene rings is 1. The third-order valence-corrected chi connectivity index (χ3v) is 4.40. The van der Waals surface area contributed by atoms with Crippen molar-refractivity contribution in [1.29, 1.82) is 0 Å². The van der Waals surface area contributed by atoms with Gasteiger partial charge in [0.25, 0.3) is 0 Å². The third-order valence-electron chi connectivity index (χ3n) is 4.40. The second-order valence-electron chi connectivity index (χ2n) is 5.63. The summed E-state index contributed by atoms with van der Waals surface area (Å²) in [5, 5.41) is 0. The summed E-state index contributed by atoms with van der Waals surface area (Å²) in [6, 6.07) is 5.01. The third kappa shape index (κ3) is 1.77. The highest BCUT2D eigenvalue weighted by Crippen LogP contribution is 2.49. The van der Waals surface area contributed by atoms with Crippen molar-refractivity contribution in [3.63, 3.8) is 0 Å². The van der Waals surface area contributed by atoms with Crippen molar-refractivity contribution < 1.29 is 14.3 Å². The Hall–Kier alpha value is -2.04. The van der Waals surface area contributed by atoms with Crippen LogP contribution in [0.1, 0.15) is 32.1 Å². The summed E-state index contributed by atoms with van der Waals surface area (Å²) < 4.78 is 5.26. The molecule has 20 heavy (non-hydrogen) atoms. The molecule has 2 amide bonds. The van der Waals surface area contributed by atoms with Crippen LogP contribution in [0.4, 0.5) is 11.4 Å². The largest absolute Gasteiger partial charge is 0.495 e. The lowest BCUT2D eigenvalue weighted by Gasteiger charge is -2.22. The summed E-state index contributed by atoms with van der Waals surface area (Å²) in [5.41, 5.74) is 6.27. The first kappa shape index (κ1) is 13.0. The fraction of sp³-hybridized carbons (Fsp3) is 0.467. The zero-order chi connectivity index (χ0) is 14.3. The first-order valence-electron chi connectivity index (χ1n) is 6.88. The van der Waals surface area contributed by atoms with Gasteiger partial charge in [0.1, 0.15) is 5.75 Å². The molecule has 1 aliphatic carbocycles. The number of anilines is 2. The second kappa shape index (κ2) is 4.51. The van der Waals surface area contributed by atoms with Crippen molar-refractivity contribution in [2.24, 2.45) is 5.41 Å². The second-order valence-corrected chi connectivity index (χ2v) is 5.63. The topological polar surface area (TPSA) is 72.6 Å². The highest BCUT2D eigenvalue weighted by Gasteiger charge is 2.53. The van der Waals surface area contributed by atoms with Crippen LogP contribution in [-0.4, -0.2) is 18.9 Å². The standard InChI is InChI=1S/C15H18N2O3/c1-20-12-5-4-10(16)8-11(12)17-13(18)9-15(14(17)19)6-2-3-7-15/h4-5,8H,2-3,6-7,9,16H2,1H3. The van der Waals surface area contributed by atoms with E-state index in [9.17, 15) is 9.59 Å². The molecule has 5 nitrogen and oxygen atoms in total. The number of carbonyl (C=O) groups excluding carboxylic acids is 2. The van der Waals surface area contributed by atoms with Crippen LogP contribution in [0, 0.1) is 5.41 Å². The molecule has 1 saturated carbocycles. The van der Waals surface area contributed by atoms with E-state index in [-0.39, 0.29) is 11.8 Å². The van der Waals surface area contributed by atoms with Crippen LogP contribution in [0.2, 0.25) is 0 Å². The molecule has 0 aromatic heterocycles. The van der Waals surface area contributed by atoms with Crippen LogP contribution in [-0.2, 0) is 9.59 Å². The van der Waals surface area contributed by atoms with Gasteiger partial charge in [0, 0.05) is 12.1 Å². The molecule has 1 saturated heterocycles. The number of methoxy groups -OCH3 is 1. The molecule has 2 fully saturated rings. The van der Waals surface area contributed by atoms with Crippen LogP contribution in [0.15, 0.2) is 18.2 Å². The molecule has 2 aliphatic rings.